The van der Waals surface area contributed by atoms with Gasteiger partial charge in [-0.1, -0.05) is 0 Å². The number of aryl methyl sites for hydroxylation is 3. The summed E-state index contributed by atoms with van der Waals surface area (Å²) >= 11 is 0. The van der Waals surface area contributed by atoms with Crippen LogP contribution in [0.3, 0.4) is 0 Å². The third-order valence-corrected chi connectivity index (χ3v) is 6.12. The first-order valence-corrected chi connectivity index (χ1v) is 10.8. The summed E-state index contributed by atoms with van der Waals surface area (Å²) in [5, 5.41) is 15.4. The van der Waals surface area contributed by atoms with E-state index in [1.807, 2.05) is 24.3 Å². The van der Waals surface area contributed by atoms with Gasteiger partial charge in [-0.3, -0.25) is 19.2 Å². The van der Waals surface area contributed by atoms with Crippen LogP contribution >= 0.6 is 0 Å². The molecule has 1 atom stereocenters. The Kier molecular flexibility index (Phi) is 5.56. The Morgan fingerprint density at radius 3 is 2.71 bits per heavy atom. The Morgan fingerprint density at radius 2 is 1.94 bits per heavy atom. The number of pyridine rings is 1. The van der Waals surface area contributed by atoms with Crippen LogP contribution in [0.5, 0.6) is 11.5 Å². The summed E-state index contributed by atoms with van der Waals surface area (Å²) in [6.07, 6.45) is 4.55. The van der Waals surface area contributed by atoms with E-state index < -0.39 is 0 Å². The summed E-state index contributed by atoms with van der Waals surface area (Å²) in [7, 11) is 0. The molecule has 2 aliphatic rings. The van der Waals surface area contributed by atoms with Gasteiger partial charge in [0.25, 0.3) is 6.47 Å². The lowest BCUT2D eigenvalue weighted by Gasteiger charge is -2.16. The van der Waals surface area contributed by atoms with Crippen LogP contribution in [0.1, 0.15) is 34.1 Å². The van der Waals surface area contributed by atoms with E-state index in [9.17, 15) is 4.39 Å². The molecule has 9 nitrogen and oxygen atoms in total. The van der Waals surface area contributed by atoms with Gasteiger partial charge in [-0.05, 0) is 50.5 Å². The van der Waals surface area contributed by atoms with Gasteiger partial charge in [0.15, 0.2) is 5.65 Å². The number of fused-ring (bicyclic) bond motifs is 3. The molecule has 174 valence electrons. The van der Waals surface area contributed by atoms with Crippen LogP contribution in [0, 0.1) is 19.7 Å². The molecule has 5 heterocycles. The molecule has 4 aromatic rings. The second-order valence-electron chi connectivity index (χ2n) is 8.20. The topological polar surface area (TPSA) is 112 Å². The van der Waals surface area contributed by atoms with Gasteiger partial charge in [-0.25, -0.2) is 4.39 Å². The summed E-state index contributed by atoms with van der Waals surface area (Å²) in [6, 6.07) is 5.18. The second kappa shape index (κ2) is 8.69. The number of ether oxygens (including phenoxy) is 2. The van der Waals surface area contributed by atoms with Crippen molar-refractivity contribution >= 4 is 12.1 Å². The fourth-order valence-corrected chi connectivity index (χ4v) is 4.70. The molecule has 0 saturated carbocycles. The summed E-state index contributed by atoms with van der Waals surface area (Å²) in [5.41, 5.74) is 6.48. The van der Waals surface area contributed by atoms with Gasteiger partial charge in [0.05, 0.1) is 47.5 Å². The highest BCUT2D eigenvalue weighted by atomic mass is 19.1. The summed E-state index contributed by atoms with van der Waals surface area (Å²) in [4.78, 5) is 17.5. The van der Waals surface area contributed by atoms with Crippen molar-refractivity contribution in [1.82, 2.24) is 24.6 Å². The van der Waals surface area contributed by atoms with Crippen molar-refractivity contribution in [2.75, 3.05) is 13.2 Å². The van der Waals surface area contributed by atoms with Crippen molar-refractivity contribution in [1.29, 1.82) is 0 Å². The van der Waals surface area contributed by atoms with Crippen molar-refractivity contribution < 1.29 is 23.8 Å². The molecule has 0 unspecified atom stereocenters. The van der Waals surface area contributed by atoms with Gasteiger partial charge in [-0.15, -0.1) is 10.2 Å². The monoisotopic (exact) mass is 463 g/mol. The molecular weight excluding hydrogens is 441 g/mol. The van der Waals surface area contributed by atoms with Crippen molar-refractivity contribution in [3.63, 3.8) is 0 Å². The average Bonchev–Trinajstić information content (AvgIpc) is 3.46. The van der Waals surface area contributed by atoms with Crippen molar-refractivity contribution in [3.05, 3.63) is 64.7 Å². The number of halogens is 1. The van der Waals surface area contributed by atoms with E-state index in [1.165, 1.54) is 6.07 Å². The summed E-state index contributed by atoms with van der Waals surface area (Å²) in [6.45, 7) is 4.49. The lowest BCUT2D eigenvalue weighted by molar-refractivity contribution is -0.122. The van der Waals surface area contributed by atoms with Crippen LogP contribution in [0.25, 0.3) is 16.9 Å². The van der Waals surface area contributed by atoms with Crippen LogP contribution in [0.4, 0.5) is 4.39 Å². The average molecular weight is 463 g/mol. The number of rotatable bonds is 1. The van der Waals surface area contributed by atoms with E-state index in [1.54, 1.807) is 18.6 Å². The minimum atomic E-state index is -0.250. The maximum atomic E-state index is 14.7. The third kappa shape index (κ3) is 3.60. The van der Waals surface area contributed by atoms with Gasteiger partial charge in [0.1, 0.15) is 23.6 Å². The van der Waals surface area contributed by atoms with Crippen molar-refractivity contribution in [2.45, 2.75) is 32.6 Å². The Hall–Kier alpha value is -4.08. The van der Waals surface area contributed by atoms with E-state index >= 15 is 0 Å². The van der Waals surface area contributed by atoms with Gasteiger partial charge in [0, 0.05) is 11.8 Å². The molecule has 0 radical (unpaired) electrons. The van der Waals surface area contributed by atoms with Crippen molar-refractivity contribution in [3.8, 4) is 22.8 Å². The lowest BCUT2D eigenvalue weighted by Crippen LogP contribution is -2.13. The number of carbonyl (C=O) groups is 1. The number of nitrogens with zero attached hydrogens (tertiary/aromatic N) is 5. The van der Waals surface area contributed by atoms with Gasteiger partial charge >= 0.3 is 0 Å². The number of aromatic nitrogens is 5. The number of benzene rings is 1. The predicted octanol–water partition coefficient (Wildman–Crippen LogP) is 3.30. The molecule has 0 fully saturated rings. The first-order chi connectivity index (χ1) is 16.5. The Balaban J connectivity index is 0.000000764. The minimum absolute atomic E-state index is 0.00684. The highest BCUT2D eigenvalue weighted by Gasteiger charge is 2.31. The highest BCUT2D eigenvalue weighted by molar-refractivity contribution is 5.78. The van der Waals surface area contributed by atoms with Gasteiger partial charge in [-0.2, -0.15) is 0 Å². The number of carboxylic acid groups (broad SMARTS) is 1. The third-order valence-electron chi connectivity index (χ3n) is 6.12. The van der Waals surface area contributed by atoms with E-state index in [4.69, 9.17) is 19.4 Å². The molecule has 1 N–H and O–H groups in total. The van der Waals surface area contributed by atoms with E-state index in [2.05, 4.69) is 20.2 Å². The quantitative estimate of drug-likeness (QED) is 0.428. The molecule has 10 heteroatoms. The first-order valence-electron chi connectivity index (χ1n) is 10.8. The molecule has 0 amide bonds. The molecule has 0 bridgehead atoms. The Labute approximate surface area is 194 Å². The van der Waals surface area contributed by atoms with E-state index in [0.717, 1.165) is 45.4 Å². The fraction of sp³-hybridized carbons (Fsp3) is 0.292. The smallest absolute Gasteiger partial charge is 0.290 e. The van der Waals surface area contributed by atoms with Crippen molar-refractivity contribution in [2.24, 2.45) is 0 Å². The van der Waals surface area contributed by atoms with E-state index in [0.29, 0.717) is 37.3 Å². The first kappa shape index (κ1) is 21.7. The molecule has 2 aliphatic heterocycles. The maximum absolute atomic E-state index is 14.7. The minimum Gasteiger partial charge on any atom is -0.493 e. The predicted molar refractivity (Wildman–Crippen MR) is 120 cm³/mol. The highest BCUT2D eigenvalue weighted by Crippen LogP contribution is 2.41. The summed E-state index contributed by atoms with van der Waals surface area (Å²) in [5.74, 6) is 1.29. The Bertz CT molecular complexity index is 1400. The van der Waals surface area contributed by atoms with Gasteiger partial charge in [0.2, 0.25) is 0 Å². The standard InChI is InChI=1S/C23H20FN5O2.CH2O2/c1-12-8-25-22(13(2)27-12)16-7-20-18(29-11-26-28-23(16)29)5-3-15-17(24)4-6-19-21(15)14(9-30-19)10-31-20;2-1-3/h4,6-8,11,14H,3,5,9-10H2,1-2H3;1H,(H,2,3)/t14-;/m1./s1. The number of hydrogen-bond donors (Lipinski definition) is 1. The SMILES string of the molecule is Cc1cnc(-c2cc3c(n4cnnc24)CCc2c(F)ccc4c2[C@H](CO4)CO3)c(C)n1.O=CO. The molecular formula is C24H22FN5O4. The van der Waals surface area contributed by atoms with Crippen LogP contribution < -0.4 is 9.47 Å². The van der Waals surface area contributed by atoms with Crippen LogP contribution in [-0.2, 0) is 17.6 Å². The summed E-state index contributed by atoms with van der Waals surface area (Å²) < 4.78 is 28.8. The normalized spacial score (nSPS) is 16.0. The van der Waals surface area contributed by atoms with Crippen LogP contribution in [0.15, 0.2) is 30.7 Å². The zero-order valence-corrected chi connectivity index (χ0v) is 18.7. The van der Waals surface area contributed by atoms with Crippen LogP contribution in [-0.4, -0.2) is 49.4 Å². The molecule has 0 aliphatic carbocycles. The molecule has 0 saturated heterocycles. The molecule has 34 heavy (non-hydrogen) atoms. The number of hydrogen-bond acceptors (Lipinski definition) is 7. The van der Waals surface area contributed by atoms with E-state index in [-0.39, 0.29) is 18.2 Å². The molecule has 6 rings (SSSR count). The zero-order chi connectivity index (χ0) is 23.8. The Morgan fingerprint density at radius 1 is 1.18 bits per heavy atom. The fourth-order valence-electron chi connectivity index (χ4n) is 4.70. The van der Waals surface area contributed by atoms with Gasteiger partial charge < -0.3 is 14.6 Å². The zero-order valence-electron chi connectivity index (χ0n) is 18.7. The maximum Gasteiger partial charge on any atom is 0.290 e. The largest absolute Gasteiger partial charge is 0.493 e. The molecule has 3 aromatic heterocycles. The van der Waals surface area contributed by atoms with Crippen LogP contribution in [0.2, 0.25) is 0 Å². The molecule has 0 spiro atoms. The molecule has 1 aromatic carbocycles. The lowest BCUT2D eigenvalue weighted by atomic mass is 9.93. The second-order valence-corrected chi connectivity index (χ2v) is 8.20.